The SMILES string of the molecule is N#Cc1ccc(N2CCN(S(=O)(=O)c3cccc(C(=O)O)c3)CC2)nc1. The van der Waals surface area contributed by atoms with Crippen molar-refractivity contribution in [1.29, 1.82) is 5.26 Å². The van der Waals surface area contributed by atoms with Gasteiger partial charge >= 0.3 is 5.97 Å². The first-order chi connectivity index (χ1) is 12.4. The number of hydrogen-bond donors (Lipinski definition) is 1. The molecule has 0 amide bonds. The fraction of sp³-hybridized carbons (Fsp3) is 0.235. The zero-order valence-corrected chi connectivity index (χ0v) is 14.6. The summed E-state index contributed by atoms with van der Waals surface area (Å²) in [5.41, 5.74) is 0.403. The maximum Gasteiger partial charge on any atom is 0.335 e. The van der Waals surface area contributed by atoms with Gasteiger partial charge in [0.15, 0.2) is 0 Å². The smallest absolute Gasteiger partial charge is 0.335 e. The van der Waals surface area contributed by atoms with Crippen LogP contribution in [0.3, 0.4) is 0 Å². The van der Waals surface area contributed by atoms with Gasteiger partial charge in [-0.15, -0.1) is 0 Å². The van der Waals surface area contributed by atoms with Crippen LogP contribution >= 0.6 is 0 Å². The maximum atomic E-state index is 12.8. The number of carboxylic acid groups (broad SMARTS) is 1. The van der Waals surface area contributed by atoms with Crippen LogP contribution in [0.2, 0.25) is 0 Å². The van der Waals surface area contributed by atoms with Crippen LogP contribution in [0.4, 0.5) is 5.82 Å². The molecule has 0 bridgehead atoms. The molecule has 0 aliphatic carbocycles. The monoisotopic (exact) mass is 372 g/mol. The molecule has 1 saturated heterocycles. The topological polar surface area (TPSA) is 115 Å². The highest BCUT2D eigenvalue weighted by atomic mass is 32.2. The molecule has 9 heteroatoms. The van der Waals surface area contributed by atoms with Crippen molar-refractivity contribution < 1.29 is 18.3 Å². The van der Waals surface area contributed by atoms with Gasteiger partial charge in [-0.25, -0.2) is 18.2 Å². The molecule has 0 spiro atoms. The number of hydrogen-bond acceptors (Lipinski definition) is 6. The third-order valence-corrected chi connectivity index (χ3v) is 6.05. The lowest BCUT2D eigenvalue weighted by molar-refractivity contribution is 0.0696. The summed E-state index contributed by atoms with van der Waals surface area (Å²) in [6.45, 7) is 1.44. The zero-order valence-electron chi connectivity index (χ0n) is 13.7. The molecule has 1 N–H and O–H groups in total. The van der Waals surface area contributed by atoms with Crippen molar-refractivity contribution in [2.75, 3.05) is 31.1 Å². The van der Waals surface area contributed by atoms with Crippen molar-refractivity contribution in [1.82, 2.24) is 9.29 Å². The van der Waals surface area contributed by atoms with Crippen molar-refractivity contribution in [3.63, 3.8) is 0 Å². The Bertz CT molecular complexity index is 959. The van der Waals surface area contributed by atoms with Crippen molar-refractivity contribution in [2.24, 2.45) is 0 Å². The Morgan fingerprint density at radius 2 is 1.88 bits per heavy atom. The minimum atomic E-state index is -3.75. The van der Waals surface area contributed by atoms with Gasteiger partial charge in [-0.3, -0.25) is 0 Å². The Labute approximate surface area is 151 Å². The fourth-order valence-corrected chi connectivity index (χ4v) is 4.20. The Morgan fingerprint density at radius 3 is 2.46 bits per heavy atom. The van der Waals surface area contributed by atoms with E-state index >= 15 is 0 Å². The van der Waals surface area contributed by atoms with Gasteiger partial charge in [0, 0.05) is 32.4 Å². The van der Waals surface area contributed by atoms with E-state index in [1.165, 1.54) is 34.8 Å². The molecule has 134 valence electrons. The summed E-state index contributed by atoms with van der Waals surface area (Å²) in [6.07, 6.45) is 1.48. The van der Waals surface area contributed by atoms with Gasteiger partial charge in [-0.2, -0.15) is 9.57 Å². The number of aromatic carboxylic acids is 1. The lowest BCUT2D eigenvalue weighted by Crippen LogP contribution is -2.48. The molecule has 2 aromatic rings. The Hall–Kier alpha value is -2.96. The first kappa shape index (κ1) is 17.8. The third-order valence-electron chi connectivity index (χ3n) is 4.16. The molecular weight excluding hydrogens is 356 g/mol. The first-order valence-electron chi connectivity index (χ1n) is 7.86. The van der Waals surface area contributed by atoms with E-state index in [4.69, 9.17) is 10.4 Å². The fourth-order valence-electron chi connectivity index (χ4n) is 2.74. The van der Waals surface area contributed by atoms with Crippen molar-refractivity contribution in [3.05, 3.63) is 53.7 Å². The average molecular weight is 372 g/mol. The summed E-state index contributed by atoms with van der Waals surface area (Å²) in [4.78, 5) is 17.2. The summed E-state index contributed by atoms with van der Waals surface area (Å²) in [6, 6.07) is 10.8. The summed E-state index contributed by atoms with van der Waals surface area (Å²) in [5.74, 6) is -0.479. The van der Waals surface area contributed by atoms with Crippen LogP contribution in [0.25, 0.3) is 0 Å². The maximum absolute atomic E-state index is 12.8. The standard InChI is InChI=1S/C17H16N4O4S/c18-11-13-4-5-16(19-12-13)20-6-8-21(9-7-20)26(24,25)15-3-1-2-14(10-15)17(22)23/h1-5,10,12H,6-9H2,(H,22,23). The number of carboxylic acids is 1. The molecule has 1 aromatic carbocycles. The minimum Gasteiger partial charge on any atom is -0.478 e. The molecule has 1 aliphatic rings. The quantitative estimate of drug-likeness (QED) is 0.856. The largest absolute Gasteiger partial charge is 0.478 e. The van der Waals surface area contributed by atoms with Gasteiger partial charge < -0.3 is 10.0 Å². The number of carbonyl (C=O) groups is 1. The van der Waals surface area contributed by atoms with Crippen LogP contribution in [0, 0.1) is 11.3 Å². The number of anilines is 1. The van der Waals surface area contributed by atoms with Gasteiger partial charge in [-0.1, -0.05) is 6.07 Å². The van der Waals surface area contributed by atoms with Gasteiger partial charge in [0.25, 0.3) is 0 Å². The molecule has 0 saturated carbocycles. The Balaban J connectivity index is 1.73. The molecule has 3 rings (SSSR count). The number of nitrogens with zero attached hydrogens (tertiary/aromatic N) is 4. The van der Waals surface area contributed by atoms with E-state index in [0.29, 0.717) is 24.5 Å². The molecule has 2 heterocycles. The van der Waals surface area contributed by atoms with Gasteiger partial charge in [0.05, 0.1) is 16.0 Å². The van der Waals surface area contributed by atoms with Crippen LogP contribution in [-0.2, 0) is 10.0 Å². The number of nitriles is 1. The van der Waals surface area contributed by atoms with E-state index < -0.39 is 16.0 Å². The van der Waals surface area contributed by atoms with E-state index in [1.807, 2.05) is 11.0 Å². The lowest BCUT2D eigenvalue weighted by atomic mass is 10.2. The van der Waals surface area contributed by atoms with Gasteiger partial charge in [-0.05, 0) is 30.3 Å². The van der Waals surface area contributed by atoms with E-state index in [2.05, 4.69) is 4.98 Å². The number of aromatic nitrogens is 1. The van der Waals surface area contributed by atoms with Crippen LogP contribution in [0.5, 0.6) is 0 Å². The molecule has 8 nitrogen and oxygen atoms in total. The molecule has 1 fully saturated rings. The number of sulfonamides is 1. The highest BCUT2D eigenvalue weighted by Gasteiger charge is 2.29. The highest BCUT2D eigenvalue weighted by molar-refractivity contribution is 7.89. The average Bonchev–Trinajstić information content (AvgIpc) is 2.68. The van der Waals surface area contributed by atoms with Crippen LogP contribution in [0.1, 0.15) is 15.9 Å². The van der Waals surface area contributed by atoms with Crippen LogP contribution in [0.15, 0.2) is 47.5 Å². The Kier molecular flexibility index (Phi) is 4.88. The lowest BCUT2D eigenvalue weighted by Gasteiger charge is -2.34. The van der Waals surface area contributed by atoms with Crippen molar-refractivity contribution in [3.8, 4) is 6.07 Å². The number of benzene rings is 1. The van der Waals surface area contributed by atoms with E-state index in [0.717, 1.165) is 0 Å². The second-order valence-corrected chi connectivity index (χ2v) is 7.68. The molecule has 0 unspecified atom stereocenters. The zero-order chi connectivity index (χ0) is 18.7. The number of pyridine rings is 1. The number of piperazine rings is 1. The number of rotatable bonds is 4. The van der Waals surface area contributed by atoms with Gasteiger partial charge in [0.1, 0.15) is 11.9 Å². The predicted octanol–water partition coefficient (Wildman–Crippen LogP) is 1.16. The van der Waals surface area contributed by atoms with E-state index in [-0.39, 0.29) is 23.5 Å². The Morgan fingerprint density at radius 1 is 1.15 bits per heavy atom. The first-order valence-corrected chi connectivity index (χ1v) is 9.30. The predicted molar refractivity (Wildman–Crippen MR) is 93.3 cm³/mol. The molecule has 26 heavy (non-hydrogen) atoms. The second-order valence-electron chi connectivity index (χ2n) is 5.74. The molecular formula is C17H16N4O4S. The molecule has 1 aliphatic heterocycles. The highest BCUT2D eigenvalue weighted by Crippen LogP contribution is 2.21. The van der Waals surface area contributed by atoms with Crippen molar-refractivity contribution >= 4 is 21.8 Å². The summed E-state index contributed by atoms with van der Waals surface area (Å²) in [5, 5.41) is 17.9. The van der Waals surface area contributed by atoms with Crippen molar-refractivity contribution in [2.45, 2.75) is 4.90 Å². The summed E-state index contributed by atoms with van der Waals surface area (Å²) >= 11 is 0. The van der Waals surface area contributed by atoms with E-state index in [1.54, 1.807) is 12.1 Å². The third kappa shape index (κ3) is 3.51. The summed E-state index contributed by atoms with van der Waals surface area (Å²) in [7, 11) is -3.75. The second kappa shape index (κ2) is 7.11. The minimum absolute atomic E-state index is 0.0256. The van der Waals surface area contributed by atoms with Gasteiger partial charge in [0.2, 0.25) is 10.0 Å². The molecule has 1 aromatic heterocycles. The van der Waals surface area contributed by atoms with Crippen LogP contribution < -0.4 is 4.90 Å². The normalized spacial score (nSPS) is 15.4. The summed E-state index contributed by atoms with van der Waals surface area (Å²) < 4.78 is 26.8. The molecule has 0 radical (unpaired) electrons. The molecule has 0 atom stereocenters. The van der Waals surface area contributed by atoms with Crippen LogP contribution in [-0.4, -0.2) is 55.0 Å². The van der Waals surface area contributed by atoms with E-state index in [9.17, 15) is 13.2 Å².